The summed E-state index contributed by atoms with van der Waals surface area (Å²) in [4.78, 5) is 24.7. The van der Waals surface area contributed by atoms with E-state index in [0.29, 0.717) is 42.5 Å². The van der Waals surface area contributed by atoms with E-state index >= 15 is 0 Å². The Morgan fingerprint density at radius 1 is 1.00 bits per heavy atom. The quantitative estimate of drug-likeness (QED) is 0.517. The molecule has 30 heavy (non-hydrogen) atoms. The van der Waals surface area contributed by atoms with Gasteiger partial charge in [0.15, 0.2) is 0 Å². The molecular weight excluding hydrogens is 382 g/mol. The molecule has 0 aliphatic heterocycles. The molecule has 2 rings (SSSR count). The lowest BCUT2D eigenvalue weighted by atomic mass is 10.1. The SMILES string of the molecule is CCOCCOc1ccccc1NC(=O)CNc1cccc(C(=O)NC(C)(C)C)c1. The molecule has 7 nitrogen and oxygen atoms in total. The molecule has 0 saturated heterocycles. The van der Waals surface area contributed by atoms with Crippen LogP contribution in [0.3, 0.4) is 0 Å². The average molecular weight is 414 g/mol. The lowest BCUT2D eigenvalue weighted by Gasteiger charge is -2.20. The Balaban J connectivity index is 1.91. The Morgan fingerprint density at radius 3 is 2.50 bits per heavy atom. The Kier molecular flexibility index (Phi) is 8.68. The van der Waals surface area contributed by atoms with Crippen LogP contribution in [0.1, 0.15) is 38.1 Å². The fraction of sp³-hybridized carbons (Fsp3) is 0.391. The fourth-order valence-electron chi connectivity index (χ4n) is 2.61. The van der Waals surface area contributed by atoms with Crippen LogP contribution in [0.4, 0.5) is 11.4 Å². The highest BCUT2D eigenvalue weighted by Gasteiger charge is 2.15. The zero-order chi connectivity index (χ0) is 22.0. The molecule has 0 atom stereocenters. The van der Waals surface area contributed by atoms with Crippen molar-refractivity contribution < 1.29 is 19.1 Å². The van der Waals surface area contributed by atoms with E-state index < -0.39 is 0 Å². The maximum Gasteiger partial charge on any atom is 0.251 e. The van der Waals surface area contributed by atoms with Crippen LogP contribution in [0, 0.1) is 0 Å². The summed E-state index contributed by atoms with van der Waals surface area (Å²) in [7, 11) is 0. The molecule has 0 fully saturated rings. The fourth-order valence-corrected chi connectivity index (χ4v) is 2.61. The number of anilines is 2. The van der Waals surface area contributed by atoms with Gasteiger partial charge in [0.05, 0.1) is 18.8 Å². The summed E-state index contributed by atoms with van der Waals surface area (Å²) < 4.78 is 10.9. The molecule has 0 radical (unpaired) electrons. The van der Waals surface area contributed by atoms with Crippen LogP contribution in [-0.2, 0) is 9.53 Å². The molecule has 7 heteroatoms. The molecule has 0 aromatic heterocycles. The summed E-state index contributed by atoms with van der Waals surface area (Å²) in [5, 5.41) is 8.82. The minimum absolute atomic E-state index is 0.0532. The van der Waals surface area contributed by atoms with Crippen molar-refractivity contribution in [2.24, 2.45) is 0 Å². The first-order chi connectivity index (χ1) is 14.3. The summed E-state index contributed by atoms with van der Waals surface area (Å²) in [6, 6.07) is 14.3. The summed E-state index contributed by atoms with van der Waals surface area (Å²) >= 11 is 0. The number of amides is 2. The number of hydrogen-bond acceptors (Lipinski definition) is 5. The van der Waals surface area contributed by atoms with Crippen molar-refractivity contribution in [1.29, 1.82) is 0 Å². The van der Waals surface area contributed by atoms with Gasteiger partial charge in [0.25, 0.3) is 5.91 Å². The molecule has 162 valence electrons. The van der Waals surface area contributed by atoms with E-state index in [9.17, 15) is 9.59 Å². The Labute approximate surface area is 178 Å². The van der Waals surface area contributed by atoms with E-state index in [0.717, 1.165) is 0 Å². The predicted molar refractivity (Wildman–Crippen MR) is 119 cm³/mol. The monoisotopic (exact) mass is 413 g/mol. The van der Waals surface area contributed by atoms with E-state index in [2.05, 4.69) is 16.0 Å². The minimum Gasteiger partial charge on any atom is -0.489 e. The van der Waals surface area contributed by atoms with Gasteiger partial charge in [-0.15, -0.1) is 0 Å². The first kappa shape index (κ1) is 23.2. The number of rotatable bonds is 10. The van der Waals surface area contributed by atoms with Gasteiger partial charge >= 0.3 is 0 Å². The van der Waals surface area contributed by atoms with Gasteiger partial charge in [0.2, 0.25) is 5.91 Å². The molecule has 0 aliphatic carbocycles. The number of carbonyl (C=O) groups excluding carboxylic acids is 2. The second-order valence-electron chi connectivity index (χ2n) is 7.73. The summed E-state index contributed by atoms with van der Waals surface area (Å²) in [6.45, 7) is 9.28. The third-order valence-corrected chi connectivity index (χ3v) is 3.92. The van der Waals surface area contributed by atoms with Crippen LogP contribution in [0.25, 0.3) is 0 Å². The zero-order valence-corrected chi connectivity index (χ0v) is 18.1. The summed E-state index contributed by atoms with van der Waals surface area (Å²) in [5.74, 6) is 0.209. The number of hydrogen-bond donors (Lipinski definition) is 3. The third-order valence-electron chi connectivity index (χ3n) is 3.92. The second-order valence-corrected chi connectivity index (χ2v) is 7.73. The van der Waals surface area contributed by atoms with Crippen molar-refractivity contribution in [1.82, 2.24) is 5.32 Å². The first-order valence-electron chi connectivity index (χ1n) is 10.0. The lowest BCUT2D eigenvalue weighted by molar-refractivity contribution is -0.114. The largest absolute Gasteiger partial charge is 0.489 e. The Hall–Kier alpha value is -3.06. The number of benzene rings is 2. The molecule has 0 unspecified atom stereocenters. The molecule has 2 aromatic carbocycles. The standard InChI is InChI=1S/C23H31N3O4/c1-5-29-13-14-30-20-12-7-6-11-19(20)25-21(27)16-24-18-10-8-9-17(15-18)22(28)26-23(2,3)4/h6-12,15,24H,5,13-14,16H2,1-4H3,(H,25,27)(H,26,28). The molecule has 2 amide bonds. The molecule has 0 saturated carbocycles. The second kappa shape index (κ2) is 11.2. The van der Waals surface area contributed by atoms with Crippen molar-refractivity contribution in [3.8, 4) is 5.75 Å². The normalized spacial score (nSPS) is 10.9. The molecule has 2 aromatic rings. The van der Waals surface area contributed by atoms with Crippen molar-refractivity contribution in [2.75, 3.05) is 37.0 Å². The maximum absolute atomic E-state index is 12.4. The number of nitrogens with one attached hydrogen (secondary N) is 3. The smallest absolute Gasteiger partial charge is 0.251 e. The maximum atomic E-state index is 12.4. The van der Waals surface area contributed by atoms with E-state index in [1.165, 1.54) is 0 Å². The van der Waals surface area contributed by atoms with Crippen LogP contribution < -0.4 is 20.7 Å². The summed E-state index contributed by atoms with van der Waals surface area (Å²) in [5.41, 5.74) is 1.49. The van der Waals surface area contributed by atoms with Gasteiger partial charge in [0.1, 0.15) is 12.4 Å². The highest BCUT2D eigenvalue weighted by molar-refractivity contribution is 5.97. The highest BCUT2D eigenvalue weighted by Crippen LogP contribution is 2.23. The molecule has 0 spiro atoms. The van der Waals surface area contributed by atoms with Crippen molar-refractivity contribution >= 4 is 23.2 Å². The van der Waals surface area contributed by atoms with E-state index in [1.54, 1.807) is 30.3 Å². The summed E-state index contributed by atoms with van der Waals surface area (Å²) in [6.07, 6.45) is 0. The predicted octanol–water partition coefficient (Wildman–Crippen LogP) is 3.68. The lowest BCUT2D eigenvalue weighted by Crippen LogP contribution is -2.40. The van der Waals surface area contributed by atoms with Gasteiger partial charge in [-0.1, -0.05) is 18.2 Å². The Bertz CT molecular complexity index is 846. The van der Waals surface area contributed by atoms with Crippen LogP contribution >= 0.6 is 0 Å². The van der Waals surface area contributed by atoms with E-state index in [4.69, 9.17) is 9.47 Å². The van der Waals surface area contributed by atoms with Crippen LogP contribution in [0.5, 0.6) is 5.75 Å². The number of ether oxygens (including phenoxy) is 2. The molecule has 0 aliphatic rings. The van der Waals surface area contributed by atoms with Crippen LogP contribution in [-0.4, -0.2) is 43.7 Å². The van der Waals surface area contributed by atoms with Gasteiger partial charge in [-0.25, -0.2) is 0 Å². The topological polar surface area (TPSA) is 88.7 Å². The molecular formula is C23H31N3O4. The van der Waals surface area contributed by atoms with E-state index in [1.807, 2.05) is 45.9 Å². The van der Waals surface area contributed by atoms with Crippen LogP contribution in [0.2, 0.25) is 0 Å². The van der Waals surface area contributed by atoms with Gasteiger partial charge in [-0.2, -0.15) is 0 Å². The van der Waals surface area contributed by atoms with Gasteiger partial charge in [-0.05, 0) is 58.0 Å². The van der Waals surface area contributed by atoms with Gasteiger partial charge in [0, 0.05) is 23.4 Å². The molecule has 0 heterocycles. The van der Waals surface area contributed by atoms with E-state index in [-0.39, 0.29) is 23.9 Å². The molecule has 3 N–H and O–H groups in total. The Morgan fingerprint density at radius 2 is 1.77 bits per heavy atom. The third kappa shape index (κ3) is 8.13. The number of carbonyl (C=O) groups is 2. The van der Waals surface area contributed by atoms with Crippen molar-refractivity contribution in [3.05, 3.63) is 54.1 Å². The first-order valence-corrected chi connectivity index (χ1v) is 10.0. The van der Waals surface area contributed by atoms with Crippen molar-refractivity contribution in [3.63, 3.8) is 0 Å². The zero-order valence-electron chi connectivity index (χ0n) is 18.1. The van der Waals surface area contributed by atoms with Crippen molar-refractivity contribution in [2.45, 2.75) is 33.2 Å². The number of para-hydroxylation sites is 2. The van der Waals surface area contributed by atoms with Gasteiger partial charge in [-0.3, -0.25) is 9.59 Å². The average Bonchev–Trinajstić information content (AvgIpc) is 2.70. The van der Waals surface area contributed by atoms with Crippen LogP contribution in [0.15, 0.2) is 48.5 Å². The highest BCUT2D eigenvalue weighted by atomic mass is 16.5. The van der Waals surface area contributed by atoms with Gasteiger partial charge < -0.3 is 25.4 Å². The minimum atomic E-state index is -0.321. The molecule has 0 bridgehead atoms.